The topological polar surface area (TPSA) is 156 Å². The molecule has 0 unspecified atom stereocenters. The summed E-state index contributed by atoms with van der Waals surface area (Å²) in [6.07, 6.45) is 6.94. The molecule has 0 aliphatic rings. The highest BCUT2D eigenvalue weighted by Crippen LogP contribution is 2.06. The van der Waals surface area contributed by atoms with Gasteiger partial charge in [-0.1, -0.05) is 10.3 Å². The van der Waals surface area contributed by atoms with E-state index in [0.29, 0.717) is 11.8 Å². The van der Waals surface area contributed by atoms with Crippen LogP contribution in [0.5, 0.6) is 0 Å². The molecule has 7 heterocycles. The van der Waals surface area contributed by atoms with Crippen LogP contribution in [-0.2, 0) is 0 Å². The normalized spacial score (nSPS) is 9.43. The van der Waals surface area contributed by atoms with E-state index in [1.54, 1.807) is 50.2 Å². The van der Waals surface area contributed by atoms with Crippen molar-refractivity contribution in [1.82, 2.24) is 30.7 Å². The largest absolute Gasteiger partial charge is 0.472 e. The van der Waals surface area contributed by atoms with Crippen molar-refractivity contribution in [2.45, 2.75) is 96.9 Å². The second kappa shape index (κ2) is 22.5. The van der Waals surface area contributed by atoms with Crippen molar-refractivity contribution in [2.24, 2.45) is 0 Å². The molecule has 0 aliphatic heterocycles. The molecule has 49 heavy (non-hydrogen) atoms. The Hall–Kier alpha value is -5.04. The second-order valence-corrected chi connectivity index (χ2v) is 12.3. The van der Waals surface area contributed by atoms with Crippen molar-refractivity contribution in [3.63, 3.8) is 0 Å². The minimum atomic E-state index is 0.623. The van der Waals surface area contributed by atoms with Crippen LogP contribution in [0.1, 0.15) is 78.5 Å². The third-order valence-corrected chi connectivity index (χ3v) is 6.85. The lowest BCUT2D eigenvalue weighted by Crippen LogP contribution is -1.71. The predicted molar refractivity (Wildman–Crippen MR) is 190 cm³/mol. The van der Waals surface area contributed by atoms with E-state index in [1.807, 2.05) is 107 Å². The van der Waals surface area contributed by atoms with Crippen molar-refractivity contribution in [3.8, 4) is 0 Å². The Balaban J connectivity index is 0.000000286. The summed E-state index contributed by atoms with van der Waals surface area (Å²) in [6, 6.07) is 7.86. The smallest absolute Gasteiger partial charge is 0.213 e. The van der Waals surface area contributed by atoms with E-state index in [2.05, 4.69) is 35.3 Å². The first-order valence-electron chi connectivity index (χ1n) is 15.4. The zero-order valence-electron chi connectivity index (χ0n) is 31.2. The first-order chi connectivity index (χ1) is 23.1. The maximum Gasteiger partial charge on any atom is 0.213 e. The Labute approximate surface area is 292 Å². The summed E-state index contributed by atoms with van der Waals surface area (Å²) >= 11 is 1.62. The molecule has 12 nitrogen and oxygen atoms in total. The molecule has 7 aromatic heterocycles. The van der Waals surface area contributed by atoms with Crippen LogP contribution in [0, 0.1) is 96.9 Å². The number of furan rings is 4. The SMILES string of the molecule is Cc1ccc(C)o1.Cc1ccoc1C.Cc1coc(C)c1.Cc1cocc1C.Cc1nnc(C)o1.Cc1nnc(C)s1.Cc1nonc1C. The molecule has 266 valence electrons. The Morgan fingerprint density at radius 3 is 1.16 bits per heavy atom. The number of aryl methyl sites for hydroxylation is 14. The van der Waals surface area contributed by atoms with Gasteiger partial charge in [0, 0.05) is 13.8 Å². The van der Waals surface area contributed by atoms with Crippen LogP contribution >= 0.6 is 11.3 Å². The summed E-state index contributed by atoms with van der Waals surface area (Å²) in [6.45, 7) is 27.0. The number of hydrogen-bond donors (Lipinski definition) is 0. The lowest BCUT2D eigenvalue weighted by molar-refractivity contribution is 0.302. The van der Waals surface area contributed by atoms with Gasteiger partial charge in [-0.15, -0.1) is 31.7 Å². The van der Waals surface area contributed by atoms with Crippen LogP contribution in [0.25, 0.3) is 0 Å². The van der Waals surface area contributed by atoms with E-state index < -0.39 is 0 Å². The summed E-state index contributed by atoms with van der Waals surface area (Å²) < 4.78 is 29.1. The van der Waals surface area contributed by atoms with Gasteiger partial charge >= 0.3 is 0 Å². The molecule has 0 N–H and O–H groups in total. The molecule has 0 fully saturated rings. The highest BCUT2D eigenvalue weighted by atomic mass is 32.1. The van der Waals surface area contributed by atoms with Gasteiger partial charge in [0.25, 0.3) is 0 Å². The van der Waals surface area contributed by atoms with Crippen LogP contribution < -0.4 is 0 Å². The van der Waals surface area contributed by atoms with Crippen LogP contribution in [-0.4, -0.2) is 30.7 Å². The molecular weight excluding hydrogens is 644 g/mol. The second-order valence-electron chi connectivity index (χ2n) is 10.9. The van der Waals surface area contributed by atoms with Crippen molar-refractivity contribution in [3.05, 3.63) is 128 Å². The third kappa shape index (κ3) is 19.4. The lowest BCUT2D eigenvalue weighted by atomic mass is 10.2. The fraction of sp³-hybridized carbons (Fsp3) is 0.389. The van der Waals surface area contributed by atoms with Gasteiger partial charge in [0.1, 0.15) is 44.4 Å². The quantitative estimate of drug-likeness (QED) is 0.148. The summed E-state index contributed by atoms with van der Waals surface area (Å²) in [4.78, 5) is 0. The molecule has 0 amide bonds. The van der Waals surface area contributed by atoms with E-state index >= 15 is 0 Å². The average molecular weight is 695 g/mol. The minimum Gasteiger partial charge on any atom is -0.472 e. The van der Waals surface area contributed by atoms with Crippen molar-refractivity contribution in [2.75, 3.05) is 0 Å². The summed E-state index contributed by atoms with van der Waals surface area (Å²) in [7, 11) is 0. The maximum atomic E-state index is 5.08. The highest BCUT2D eigenvalue weighted by Gasteiger charge is 1.94. The average Bonchev–Trinajstić information content (AvgIpc) is 3.93. The fourth-order valence-electron chi connectivity index (χ4n) is 3.07. The van der Waals surface area contributed by atoms with Crippen LogP contribution in [0.2, 0.25) is 0 Å². The van der Waals surface area contributed by atoms with Crippen molar-refractivity contribution >= 4 is 11.3 Å². The van der Waals surface area contributed by atoms with Crippen molar-refractivity contribution in [1.29, 1.82) is 0 Å². The Kier molecular flexibility index (Phi) is 19.3. The molecule has 0 bridgehead atoms. The van der Waals surface area contributed by atoms with E-state index in [-0.39, 0.29) is 0 Å². The first kappa shape index (κ1) is 42.0. The Bertz CT molecular complexity index is 1490. The Morgan fingerprint density at radius 2 is 1.02 bits per heavy atom. The molecule has 0 aromatic carbocycles. The van der Waals surface area contributed by atoms with Crippen molar-refractivity contribution < 1.29 is 26.7 Å². The van der Waals surface area contributed by atoms with Gasteiger partial charge in [-0.25, -0.2) is 4.63 Å². The first-order valence-corrected chi connectivity index (χ1v) is 16.2. The maximum absolute atomic E-state index is 5.08. The Morgan fingerprint density at radius 1 is 0.510 bits per heavy atom. The monoisotopic (exact) mass is 694 g/mol. The van der Waals surface area contributed by atoms with Gasteiger partial charge in [-0.2, -0.15) is 0 Å². The molecule has 0 saturated heterocycles. The van der Waals surface area contributed by atoms with E-state index in [4.69, 9.17) is 22.1 Å². The van der Waals surface area contributed by atoms with E-state index in [0.717, 1.165) is 44.4 Å². The third-order valence-electron chi connectivity index (χ3n) is 6.10. The van der Waals surface area contributed by atoms with Gasteiger partial charge in [-0.05, 0) is 130 Å². The number of aromatic nitrogens is 6. The summed E-state index contributed by atoms with van der Waals surface area (Å²) in [5.41, 5.74) is 6.58. The molecule has 0 aliphatic carbocycles. The predicted octanol–water partition coefficient (Wildman–Crippen LogP) is 10.1. The van der Waals surface area contributed by atoms with Gasteiger partial charge in [0.05, 0.1) is 25.1 Å². The molecule has 7 aromatic rings. The molecule has 13 heteroatoms. The lowest BCUT2D eigenvalue weighted by Gasteiger charge is -1.79. The molecule has 0 radical (unpaired) electrons. The highest BCUT2D eigenvalue weighted by molar-refractivity contribution is 7.11. The molecule has 0 spiro atoms. The van der Waals surface area contributed by atoms with Gasteiger partial charge in [0.2, 0.25) is 11.8 Å². The fourth-order valence-corrected chi connectivity index (χ4v) is 3.66. The summed E-state index contributed by atoms with van der Waals surface area (Å²) in [5.74, 6) is 5.21. The number of hydrogen-bond acceptors (Lipinski definition) is 13. The zero-order valence-corrected chi connectivity index (χ0v) is 32.0. The number of nitrogens with zero attached hydrogens (tertiary/aromatic N) is 6. The van der Waals surface area contributed by atoms with Crippen LogP contribution in [0.15, 0.2) is 76.0 Å². The van der Waals surface area contributed by atoms with E-state index in [9.17, 15) is 0 Å². The molecule has 0 atom stereocenters. The number of rotatable bonds is 0. The summed E-state index contributed by atoms with van der Waals surface area (Å²) in [5, 5.41) is 23.9. The van der Waals surface area contributed by atoms with E-state index in [1.165, 1.54) is 22.3 Å². The zero-order chi connectivity index (χ0) is 36.9. The molecular formula is C36H50N6O6S. The standard InChI is InChI=1S/4C6H8O.2C4H6N2O.C4H6N2S/c1-5-3-7-4-6(5)2;1-5-3-6(2)7-4-5;1-5-3-4-7-6(5)2;1-5-3-4-6(2)7-5;1-3-5-6-4(2)7-3;1-3-4(2)6-7-5-3;1-3-5-6-4(2)7-3/h4*3-4H,1-2H3;3*1-2H3. The van der Waals surface area contributed by atoms with Gasteiger partial charge in [0.15, 0.2) is 0 Å². The van der Waals surface area contributed by atoms with Crippen LogP contribution in [0.3, 0.4) is 0 Å². The van der Waals surface area contributed by atoms with Gasteiger partial charge in [-0.3, -0.25) is 0 Å². The minimum absolute atomic E-state index is 0.623. The van der Waals surface area contributed by atoms with Gasteiger partial charge < -0.3 is 22.1 Å². The molecule has 7 rings (SSSR count). The van der Waals surface area contributed by atoms with Crippen LogP contribution in [0.4, 0.5) is 0 Å². The molecule has 0 saturated carbocycles.